The monoisotopic (exact) mass is 244 g/mol. The van der Waals surface area contributed by atoms with Gasteiger partial charge in [0.25, 0.3) is 0 Å². The minimum absolute atomic E-state index is 0.707. The highest BCUT2D eigenvalue weighted by atomic mass is 15.1. The molecule has 0 unspecified atom stereocenters. The van der Waals surface area contributed by atoms with Gasteiger partial charge in [-0.1, -0.05) is 12.8 Å². The predicted octanol–water partition coefficient (Wildman–Crippen LogP) is 3.74. The molecule has 1 aromatic rings. The van der Waals surface area contributed by atoms with Crippen LogP contribution in [0.5, 0.6) is 0 Å². The molecular formula is C16H24N2. The maximum atomic E-state index is 5.83. The van der Waals surface area contributed by atoms with Crippen LogP contribution < -0.4 is 10.6 Å². The van der Waals surface area contributed by atoms with Gasteiger partial charge in [-0.15, -0.1) is 0 Å². The standard InChI is InChI=1S/C16H24N2/c1-13-12-14(17)4-5-15(13)18-10-8-16(9-11-18)6-2-3-7-16/h4-5,12H,2-3,6-11,17H2,1H3. The van der Waals surface area contributed by atoms with Crippen molar-refractivity contribution in [1.82, 2.24) is 0 Å². The van der Waals surface area contributed by atoms with E-state index in [-0.39, 0.29) is 0 Å². The highest BCUT2D eigenvalue weighted by Gasteiger charge is 2.36. The molecule has 0 atom stereocenters. The summed E-state index contributed by atoms with van der Waals surface area (Å²) in [5.74, 6) is 0. The number of hydrogen-bond donors (Lipinski definition) is 1. The van der Waals surface area contributed by atoms with Crippen LogP contribution in [0, 0.1) is 12.3 Å². The van der Waals surface area contributed by atoms with Gasteiger partial charge < -0.3 is 10.6 Å². The molecule has 1 aliphatic heterocycles. The zero-order chi connectivity index (χ0) is 12.6. The van der Waals surface area contributed by atoms with Crippen molar-refractivity contribution >= 4 is 11.4 Å². The Morgan fingerprint density at radius 2 is 1.72 bits per heavy atom. The van der Waals surface area contributed by atoms with Crippen LogP contribution in [0.1, 0.15) is 44.1 Å². The Hall–Kier alpha value is -1.18. The first-order chi connectivity index (χ1) is 8.69. The number of hydrogen-bond acceptors (Lipinski definition) is 2. The number of nitrogen functional groups attached to an aromatic ring is 1. The molecule has 3 rings (SSSR count). The lowest BCUT2D eigenvalue weighted by Crippen LogP contribution is -2.39. The Morgan fingerprint density at radius 3 is 2.33 bits per heavy atom. The van der Waals surface area contributed by atoms with Gasteiger partial charge in [-0.3, -0.25) is 0 Å². The molecule has 1 aromatic carbocycles. The Kier molecular flexibility index (Phi) is 2.96. The number of aryl methyl sites for hydroxylation is 1. The summed E-state index contributed by atoms with van der Waals surface area (Å²) in [5, 5.41) is 0. The van der Waals surface area contributed by atoms with E-state index in [0.717, 1.165) is 5.69 Å². The summed E-state index contributed by atoms with van der Waals surface area (Å²) in [6, 6.07) is 6.31. The van der Waals surface area contributed by atoms with Crippen molar-refractivity contribution in [2.24, 2.45) is 5.41 Å². The Balaban J connectivity index is 1.72. The maximum Gasteiger partial charge on any atom is 0.0397 e. The fourth-order valence-corrected chi connectivity index (χ4v) is 3.88. The molecule has 2 nitrogen and oxygen atoms in total. The molecule has 2 N–H and O–H groups in total. The second-order valence-electron chi connectivity index (χ2n) is 6.24. The third-order valence-corrected chi connectivity index (χ3v) is 5.05. The molecule has 1 heterocycles. The van der Waals surface area contributed by atoms with Crippen molar-refractivity contribution in [3.8, 4) is 0 Å². The summed E-state index contributed by atoms with van der Waals surface area (Å²) < 4.78 is 0. The Bertz CT molecular complexity index is 423. The average Bonchev–Trinajstić information content (AvgIpc) is 2.80. The van der Waals surface area contributed by atoms with E-state index >= 15 is 0 Å². The van der Waals surface area contributed by atoms with Crippen LogP contribution in [0.15, 0.2) is 18.2 Å². The summed E-state index contributed by atoms with van der Waals surface area (Å²) in [5.41, 5.74) is 10.1. The molecule has 1 saturated heterocycles. The molecule has 2 fully saturated rings. The lowest BCUT2D eigenvalue weighted by molar-refractivity contribution is 0.226. The smallest absolute Gasteiger partial charge is 0.0397 e. The first-order valence-electron chi connectivity index (χ1n) is 7.30. The molecule has 0 amide bonds. The number of benzene rings is 1. The first-order valence-corrected chi connectivity index (χ1v) is 7.30. The van der Waals surface area contributed by atoms with Gasteiger partial charge in [0, 0.05) is 24.5 Å². The lowest BCUT2D eigenvalue weighted by atomic mass is 9.77. The fourth-order valence-electron chi connectivity index (χ4n) is 3.88. The van der Waals surface area contributed by atoms with Crippen LogP contribution in [-0.4, -0.2) is 13.1 Å². The summed E-state index contributed by atoms with van der Waals surface area (Å²) in [7, 11) is 0. The topological polar surface area (TPSA) is 29.3 Å². The zero-order valence-electron chi connectivity index (χ0n) is 11.4. The van der Waals surface area contributed by atoms with E-state index in [0.29, 0.717) is 5.41 Å². The van der Waals surface area contributed by atoms with E-state index in [2.05, 4.69) is 24.0 Å². The van der Waals surface area contributed by atoms with Crippen LogP contribution in [0.2, 0.25) is 0 Å². The largest absolute Gasteiger partial charge is 0.399 e. The van der Waals surface area contributed by atoms with E-state index < -0.39 is 0 Å². The van der Waals surface area contributed by atoms with Crippen LogP contribution >= 0.6 is 0 Å². The minimum Gasteiger partial charge on any atom is -0.399 e. The second-order valence-corrected chi connectivity index (χ2v) is 6.24. The number of anilines is 2. The molecule has 2 aliphatic rings. The summed E-state index contributed by atoms with van der Waals surface area (Å²) in [6.07, 6.45) is 8.64. The summed E-state index contributed by atoms with van der Waals surface area (Å²) >= 11 is 0. The molecule has 1 spiro atoms. The van der Waals surface area contributed by atoms with Crippen molar-refractivity contribution in [3.05, 3.63) is 23.8 Å². The number of rotatable bonds is 1. The van der Waals surface area contributed by atoms with Gasteiger partial charge in [0.2, 0.25) is 0 Å². The Labute approximate surface area is 110 Å². The summed E-state index contributed by atoms with van der Waals surface area (Å²) in [4.78, 5) is 2.55. The highest BCUT2D eigenvalue weighted by Crippen LogP contribution is 2.46. The van der Waals surface area contributed by atoms with Crippen molar-refractivity contribution in [3.63, 3.8) is 0 Å². The van der Waals surface area contributed by atoms with Crippen LogP contribution in [0.4, 0.5) is 11.4 Å². The number of nitrogens with two attached hydrogens (primary N) is 1. The lowest BCUT2D eigenvalue weighted by Gasteiger charge is -2.41. The van der Waals surface area contributed by atoms with Crippen molar-refractivity contribution in [2.45, 2.75) is 45.4 Å². The van der Waals surface area contributed by atoms with E-state index in [1.807, 2.05) is 6.07 Å². The number of piperidine rings is 1. The molecule has 2 heteroatoms. The van der Waals surface area contributed by atoms with Gasteiger partial charge in [0.05, 0.1) is 0 Å². The van der Waals surface area contributed by atoms with E-state index in [1.54, 1.807) is 0 Å². The van der Waals surface area contributed by atoms with E-state index in [9.17, 15) is 0 Å². The van der Waals surface area contributed by atoms with Gasteiger partial charge in [0.1, 0.15) is 0 Å². The molecule has 0 bridgehead atoms. The molecule has 98 valence electrons. The first kappa shape index (κ1) is 11.9. The van der Waals surface area contributed by atoms with E-state index in [1.165, 1.54) is 62.9 Å². The van der Waals surface area contributed by atoms with Gasteiger partial charge in [-0.2, -0.15) is 0 Å². The number of nitrogens with zero attached hydrogens (tertiary/aromatic N) is 1. The van der Waals surface area contributed by atoms with Gasteiger partial charge >= 0.3 is 0 Å². The third-order valence-electron chi connectivity index (χ3n) is 5.05. The molecule has 1 aliphatic carbocycles. The van der Waals surface area contributed by atoms with Crippen LogP contribution in [0.3, 0.4) is 0 Å². The quantitative estimate of drug-likeness (QED) is 0.763. The van der Waals surface area contributed by atoms with Crippen molar-refractivity contribution in [1.29, 1.82) is 0 Å². The van der Waals surface area contributed by atoms with Crippen molar-refractivity contribution in [2.75, 3.05) is 23.7 Å². The third kappa shape index (κ3) is 2.09. The maximum absolute atomic E-state index is 5.83. The Morgan fingerprint density at radius 1 is 1.06 bits per heavy atom. The average molecular weight is 244 g/mol. The fraction of sp³-hybridized carbons (Fsp3) is 0.625. The molecule has 1 saturated carbocycles. The van der Waals surface area contributed by atoms with Crippen molar-refractivity contribution < 1.29 is 0 Å². The highest BCUT2D eigenvalue weighted by molar-refractivity contribution is 5.59. The van der Waals surface area contributed by atoms with Gasteiger partial charge in [0.15, 0.2) is 0 Å². The molecule has 0 aromatic heterocycles. The second kappa shape index (κ2) is 4.49. The van der Waals surface area contributed by atoms with Gasteiger partial charge in [-0.05, 0) is 61.8 Å². The molecular weight excluding hydrogens is 220 g/mol. The van der Waals surface area contributed by atoms with Crippen LogP contribution in [0.25, 0.3) is 0 Å². The van der Waals surface area contributed by atoms with Crippen LogP contribution in [-0.2, 0) is 0 Å². The predicted molar refractivity (Wildman–Crippen MR) is 77.9 cm³/mol. The SMILES string of the molecule is Cc1cc(N)ccc1N1CCC2(CCCC2)CC1. The molecule has 0 radical (unpaired) electrons. The van der Waals surface area contributed by atoms with Gasteiger partial charge in [-0.25, -0.2) is 0 Å². The normalized spacial score (nSPS) is 22.6. The summed E-state index contributed by atoms with van der Waals surface area (Å²) in [6.45, 7) is 4.63. The molecule has 18 heavy (non-hydrogen) atoms. The minimum atomic E-state index is 0.707. The zero-order valence-corrected chi connectivity index (χ0v) is 11.4. The van der Waals surface area contributed by atoms with E-state index in [4.69, 9.17) is 5.73 Å².